The first-order valence-electron chi connectivity index (χ1n) is 4.92. The predicted molar refractivity (Wildman–Crippen MR) is 61.1 cm³/mol. The summed E-state index contributed by atoms with van der Waals surface area (Å²) in [6.07, 6.45) is 1.69. The van der Waals surface area contributed by atoms with Gasteiger partial charge in [0.15, 0.2) is 0 Å². The highest BCUT2D eigenvalue weighted by Gasteiger charge is 2.07. The lowest BCUT2D eigenvalue weighted by atomic mass is 10.3. The minimum absolute atomic E-state index is 0.115. The Hall–Kier alpha value is -2.10. The van der Waals surface area contributed by atoms with E-state index in [1.54, 1.807) is 6.20 Å². The Morgan fingerprint density at radius 3 is 2.56 bits per heavy atom. The molecule has 0 fully saturated rings. The second-order valence-electron chi connectivity index (χ2n) is 3.40. The van der Waals surface area contributed by atoms with Crippen LogP contribution < -0.4 is 10.3 Å². The summed E-state index contributed by atoms with van der Waals surface area (Å²) in [6.45, 7) is 1.82. The molecular formula is C12H12N2O2. The molecule has 0 aliphatic heterocycles. The van der Waals surface area contributed by atoms with Crippen molar-refractivity contribution in [2.24, 2.45) is 0 Å². The second kappa shape index (κ2) is 4.18. The van der Waals surface area contributed by atoms with Crippen LogP contribution >= 0.6 is 0 Å². The third-order valence-corrected chi connectivity index (χ3v) is 2.22. The van der Waals surface area contributed by atoms with E-state index in [0.29, 0.717) is 0 Å². The van der Waals surface area contributed by atoms with Crippen LogP contribution in [0.25, 0.3) is 5.69 Å². The van der Waals surface area contributed by atoms with Crippen molar-refractivity contribution in [1.82, 2.24) is 9.55 Å². The molecule has 0 atom stereocenters. The molecule has 0 saturated carbocycles. The summed E-state index contributed by atoms with van der Waals surface area (Å²) >= 11 is 0. The molecule has 0 unspecified atom stereocenters. The van der Waals surface area contributed by atoms with Crippen LogP contribution in [0.2, 0.25) is 0 Å². The highest BCUT2D eigenvalue weighted by atomic mass is 16.5. The van der Waals surface area contributed by atoms with Crippen LogP contribution in [-0.2, 0) is 0 Å². The molecule has 1 aromatic heterocycles. The summed E-state index contributed by atoms with van der Waals surface area (Å²) in [5.41, 5.74) is 1.29. The van der Waals surface area contributed by atoms with E-state index in [-0.39, 0.29) is 11.4 Å². The summed E-state index contributed by atoms with van der Waals surface area (Å²) in [6, 6.07) is 9.38. The van der Waals surface area contributed by atoms with E-state index >= 15 is 0 Å². The smallest absolute Gasteiger partial charge is 0.317 e. The van der Waals surface area contributed by atoms with E-state index in [2.05, 4.69) is 4.98 Å². The van der Waals surface area contributed by atoms with Gasteiger partial charge in [-0.1, -0.05) is 18.2 Å². The molecule has 0 aliphatic rings. The fourth-order valence-corrected chi connectivity index (χ4v) is 1.50. The van der Waals surface area contributed by atoms with Gasteiger partial charge in [0.1, 0.15) is 0 Å². The molecule has 4 heteroatoms. The average Bonchev–Trinajstić information content (AvgIpc) is 2.33. The number of benzene rings is 1. The van der Waals surface area contributed by atoms with Gasteiger partial charge in [0.05, 0.1) is 12.8 Å². The quantitative estimate of drug-likeness (QED) is 0.765. The lowest BCUT2D eigenvalue weighted by molar-refractivity contribution is 0.387. The van der Waals surface area contributed by atoms with Crippen LogP contribution in [0.3, 0.4) is 0 Å². The summed E-state index contributed by atoms with van der Waals surface area (Å²) in [5.74, 6) is 0.115. The predicted octanol–water partition coefficient (Wildman–Crippen LogP) is 1.55. The van der Waals surface area contributed by atoms with Gasteiger partial charge < -0.3 is 4.74 Å². The first-order valence-corrected chi connectivity index (χ1v) is 4.92. The van der Waals surface area contributed by atoms with E-state index in [1.807, 2.05) is 37.3 Å². The molecule has 0 radical (unpaired) electrons. The largest absolute Gasteiger partial charge is 0.477 e. The summed E-state index contributed by atoms with van der Waals surface area (Å²) in [7, 11) is 1.44. The molecule has 0 N–H and O–H groups in total. The number of rotatable bonds is 2. The molecular weight excluding hydrogens is 204 g/mol. The van der Waals surface area contributed by atoms with E-state index < -0.39 is 0 Å². The first kappa shape index (κ1) is 10.4. The number of ether oxygens (including phenoxy) is 1. The van der Waals surface area contributed by atoms with Crippen LogP contribution in [-0.4, -0.2) is 16.7 Å². The van der Waals surface area contributed by atoms with Gasteiger partial charge in [-0.05, 0) is 19.1 Å². The molecule has 1 heterocycles. The van der Waals surface area contributed by atoms with Gasteiger partial charge in [0.25, 0.3) is 5.88 Å². The van der Waals surface area contributed by atoms with Crippen molar-refractivity contribution in [2.75, 3.05) is 7.11 Å². The molecule has 2 aromatic rings. The van der Waals surface area contributed by atoms with Crippen molar-refractivity contribution in [2.45, 2.75) is 6.92 Å². The number of nitrogens with zero attached hydrogens (tertiary/aromatic N) is 2. The lowest BCUT2D eigenvalue weighted by Crippen LogP contribution is -2.21. The van der Waals surface area contributed by atoms with Gasteiger partial charge in [-0.3, -0.25) is 9.36 Å². The molecule has 82 valence electrons. The SMILES string of the molecule is COc1nc(C)cn(-c2ccccc2)c1=O. The average molecular weight is 216 g/mol. The monoisotopic (exact) mass is 216 g/mol. The van der Waals surface area contributed by atoms with Crippen LogP contribution in [0, 0.1) is 6.92 Å². The van der Waals surface area contributed by atoms with Gasteiger partial charge in [0, 0.05) is 11.9 Å². The maximum Gasteiger partial charge on any atom is 0.317 e. The Labute approximate surface area is 93.1 Å². The Morgan fingerprint density at radius 2 is 1.94 bits per heavy atom. The maximum atomic E-state index is 11.9. The van der Waals surface area contributed by atoms with Gasteiger partial charge in [-0.15, -0.1) is 0 Å². The van der Waals surface area contributed by atoms with Gasteiger partial charge in [-0.25, -0.2) is 4.98 Å². The third kappa shape index (κ3) is 1.82. The normalized spacial score (nSPS) is 10.1. The number of methoxy groups -OCH3 is 1. The highest BCUT2D eigenvalue weighted by molar-refractivity contribution is 5.33. The van der Waals surface area contributed by atoms with Crippen LogP contribution in [0.5, 0.6) is 5.88 Å². The van der Waals surface area contributed by atoms with Gasteiger partial charge >= 0.3 is 5.56 Å². The zero-order chi connectivity index (χ0) is 11.5. The van der Waals surface area contributed by atoms with E-state index in [9.17, 15) is 4.79 Å². The Kier molecular flexibility index (Phi) is 2.72. The number of aryl methyl sites for hydroxylation is 1. The number of hydrogen-bond donors (Lipinski definition) is 0. The van der Waals surface area contributed by atoms with Crippen molar-refractivity contribution in [3.8, 4) is 11.6 Å². The number of hydrogen-bond acceptors (Lipinski definition) is 3. The zero-order valence-electron chi connectivity index (χ0n) is 9.18. The van der Waals surface area contributed by atoms with Crippen LogP contribution in [0.15, 0.2) is 41.3 Å². The fourth-order valence-electron chi connectivity index (χ4n) is 1.50. The molecule has 4 nitrogen and oxygen atoms in total. The van der Waals surface area contributed by atoms with Crippen molar-refractivity contribution < 1.29 is 4.74 Å². The molecule has 0 spiro atoms. The first-order chi connectivity index (χ1) is 7.72. The van der Waals surface area contributed by atoms with Gasteiger partial charge in [-0.2, -0.15) is 0 Å². The lowest BCUT2D eigenvalue weighted by Gasteiger charge is -2.08. The summed E-state index contributed by atoms with van der Waals surface area (Å²) in [4.78, 5) is 15.9. The Morgan fingerprint density at radius 1 is 1.25 bits per heavy atom. The minimum Gasteiger partial charge on any atom is -0.477 e. The zero-order valence-corrected chi connectivity index (χ0v) is 9.18. The Bertz CT molecular complexity index is 547. The molecule has 0 aliphatic carbocycles. The topological polar surface area (TPSA) is 44.1 Å². The van der Waals surface area contributed by atoms with Crippen molar-refractivity contribution in [3.63, 3.8) is 0 Å². The Balaban J connectivity index is 2.66. The third-order valence-electron chi connectivity index (χ3n) is 2.22. The number of aromatic nitrogens is 2. The molecule has 0 amide bonds. The summed E-state index contributed by atoms with van der Waals surface area (Å²) < 4.78 is 6.47. The molecule has 16 heavy (non-hydrogen) atoms. The molecule has 0 saturated heterocycles. The number of para-hydroxylation sites is 1. The van der Waals surface area contributed by atoms with Crippen molar-refractivity contribution in [1.29, 1.82) is 0 Å². The molecule has 2 rings (SSSR count). The van der Waals surface area contributed by atoms with E-state index in [4.69, 9.17) is 4.74 Å². The molecule has 1 aromatic carbocycles. The van der Waals surface area contributed by atoms with E-state index in [0.717, 1.165) is 11.4 Å². The maximum absolute atomic E-state index is 11.9. The second-order valence-corrected chi connectivity index (χ2v) is 3.40. The minimum atomic E-state index is -0.251. The van der Waals surface area contributed by atoms with Gasteiger partial charge in [0.2, 0.25) is 0 Å². The molecule has 0 bridgehead atoms. The van der Waals surface area contributed by atoms with Crippen LogP contribution in [0.1, 0.15) is 5.69 Å². The summed E-state index contributed by atoms with van der Waals surface area (Å²) in [5, 5.41) is 0. The van der Waals surface area contributed by atoms with Crippen molar-refractivity contribution in [3.05, 3.63) is 52.6 Å². The fraction of sp³-hybridized carbons (Fsp3) is 0.167. The van der Waals surface area contributed by atoms with E-state index in [1.165, 1.54) is 11.7 Å². The highest BCUT2D eigenvalue weighted by Crippen LogP contribution is 2.07. The van der Waals surface area contributed by atoms with Crippen LogP contribution in [0.4, 0.5) is 0 Å². The van der Waals surface area contributed by atoms with Crippen molar-refractivity contribution >= 4 is 0 Å². The standard InChI is InChI=1S/C12H12N2O2/c1-9-8-14(10-6-4-3-5-7-10)12(15)11(13-9)16-2/h3-8H,1-2H3.